The fourth-order valence-corrected chi connectivity index (χ4v) is 4.62. The molecular weight excluding hydrogens is 356 g/mol. The second kappa shape index (κ2) is 5.26. The molecule has 0 spiro atoms. The van der Waals surface area contributed by atoms with Gasteiger partial charge in [-0.25, -0.2) is 4.98 Å². The third-order valence-electron chi connectivity index (χ3n) is 5.87. The maximum Gasteiger partial charge on any atom is 0.213 e. The molecule has 0 aliphatic rings. The van der Waals surface area contributed by atoms with Crippen molar-refractivity contribution in [1.29, 1.82) is 0 Å². The minimum absolute atomic E-state index is 0.876. The van der Waals surface area contributed by atoms with Crippen LogP contribution in [-0.4, -0.2) is 18.9 Å². The minimum atomic E-state index is 0.876. The molecular formula is C25H16N4. The minimum Gasteiger partial charge on any atom is -0.323 e. The fourth-order valence-electron chi connectivity index (χ4n) is 4.62. The molecule has 0 saturated carbocycles. The number of aromatic nitrogens is 4. The summed E-state index contributed by atoms with van der Waals surface area (Å²) < 4.78 is 4.56. The van der Waals surface area contributed by atoms with Gasteiger partial charge in [-0.1, -0.05) is 48.5 Å². The lowest BCUT2D eigenvalue weighted by molar-refractivity contribution is 1.18. The lowest BCUT2D eigenvalue weighted by atomic mass is 10.2. The van der Waals surface area contributed by atoms with E-state index in [1.54, 1.807) is 0 Å². The highest BCUT2D eigenvalue weighted by Crippen LogP contribution is 2.33. The van der Waals surface area contributed by atoms with Gasteiger partial charge in [0.1, 0.15) is 0 Å². The molecule has 29 heavy (non-hydrogen) atoms. The molecule has 4 heteroatoms. The largest absolute Gasteiger partial charge is 0.323 e. The van der Waals surface area contributed by atoms with Crippen LogP contribution in [0.4, 0.5) is 0 Å². The van der Waals surface area contributed by atoms with Gasteiger partial charge in [0.2, 0.25) is 5.78 Å². The quantitative estimate of drug-likeness (QED) is 0.373. The molecule has 136 valence electrons. The van der Waals surface area contributed by atoms with Gasteiger partial charge >= 0.3 is 0 Å². The summed E-state index contributed by atoms with van der Waals surface area (Å²) in [5.41, 5.74) is 7.92. The second-order valence-electron chi connectivity index (χ2n) is 7.46. The number of nitrogens with zero attached hydrogens (tertiary/aromatic N) is 3. The Hall–Kier alpha value is -4.05. The van der Waals surface area contributed by atoms with E-state index in [-0.39, 0.29) is 0 Å². The number of fused-ring (bicyclic) bond motifs is 8. The lowest BCUT2D eigenvalue weighted by Gasteiger charge is -2.08. The highest BCUT2D eigenvalue weighted by molar-refractivity contribution is 6.09. The topological polar surface area (TPSA) is 38.0 Å². The number of imidazole rings is 2. The van der Waals surface area contributed by atoms with Gasteiger partial charge < -0.3 is 9.55 Å². The standard InChI is InChI=1S/C25H16N4/c1-4-10-21-17(7-1)18-8-2-5-11-22(18)28(21)16-13-14-20-24(15-16)29-23-12-6-3-9-19(23)26-25(29)27-20/h1-15H,(H,26,27). The molecule has 3 aromatic heterocycles. The monoisotopic (exact) mass is 372 g/mol. The Bertz CT molecular complexity index is 1660. The highest BCUT2D eigenvalue weighted by atomic mass is 15.1. The summed E-state index contributed by atoms with van der Waals surface area (Å²) in [5, 5.41) is 2.55. The summed E-state index contributed by atoms with van der Waals surface area (Å²) >= 11 is 0. The first-order valence-corrected chi connectivity index (χ1v) is 9.76. The average Bonchev–Trinajstić information content (AvgIpc) is 3.41. The van der Waals surface area contributed by atoms with E-state index >= 15 is 0 Å². The van der Waals surface area contributed by atoms with E-state index in [2.05, 4.69) is 98.9 Å². The molecule has 7 rings (SSSR count). The Labute approximate surface area is 165 Å². The third kappa shape index (κ3) is 1.90. The van der Waals surface area contributed by atoms with Gasteiger partial charge in [0.25, 0.3) is 0 Å². The molecule has 0 radical (unpaired) electrons. The van der Waals surface area contributed by atoms with Gasteiger partial charge in [-0.05, 0) is 42.5 Å². The molecule has 0 amide bonds. The van der Waals surface area contributed by atoms with Crippen LogP contribution >= 0.6 is 0 Å². The Morgan fingerprint density at radius 2 is 1.28 bits per heavy atom. The molecule has 0 fully saturated rings. The summed E-state index contributed by atoms with van der Waals surface area (Å²) in [6.07, 6.45) is 0. The van der Waals surface area contributed by atoms with Crippen molar-refractivity contribution in [2.24, 2.45) is 0 Å². The van der Waals surface area contributed by atoms with Crippen molar-refractivity contribution in [2.75, 3.05) is 0 Å². The average molecular weight is 372 g/mol. The Morgan fingerprint density at radius 1 is 0.621 bits per heavy atom. The Kier molecular flexibility index (Phi) is 2.71. The molecule has 0 saturated heterocycles. The molecule has 0 bridgehead atoms. The molecule has 0 aliphatic carbocycles. The third-order valence-corrected chi connectivity index (χ3v) is 5.87. The van der Waals surface area contributed by atoms with Crippen LogP contribution in [0.5, 0.6) is 0 Å². The number of para-hydroxylation sites is 4. The smallest absolute Gasteiger partial charge is 0.213 e. The second-order valence-corrected chi connectivity index (χ2v) is 7.46. The van der Waals surface area contributed by atoms with Crippen LogP contribution in [0.15, 0.2) is 91.0 Å². The lowest BCUT2D eigenvalue weighted by Crippen LogP contribution is -1.94. The van der Waals surface area contributed by atoms with E-state index in [1.807, 2.05) is 6.07 Å². The van der Waals surface area contributed by atoms with Crippen molar-refractivity contribution < 1.29 is 0 Å². The molecule has 0 unspecified atom stereocenters. The molecule has 4 aromatic carbocycles. The van der Waals surface area contributed by atoms with Crippen LogP contribution in [0.3, 0.4) is 0 Å². The first-order chi connectivity index (χ1) is 14.4. The first-order valence-electron chi connectivity index (χ1n) is 9.76. The van der Waals surface area contributed by atoms with Crippen LogP contribution < -0.4 is 0 Å². The number of rotatable bonds is 1. The van der Waals surface area contributed by atoms with Gasteiger partial charge in [0.05, 0.1) is 33.1 Å². The zero-order valence-corrected chi connectivity index (χ0v) is 15.5. The predicted octanol–water partition coefficient (Wildman–Crippen LogP) is 6.07. The first kappa shape index (κ1) is 14.9. The summed E-state index contributed by atoms with van der Waals surface area (Å²) in [6, 6.07) is 32.1. The Morgan fingerprint density at radius 3 is 2.03 bits per heavy atom. The van der Waals surface area contributed by atoms with Gasteiger partial charge in [-0.15, -0.1) is 0 Å². The number of H-pyrrole nitrogens is 1. The van der Waals surface area contributed by atoms with Crippen molar-refractivity contribution in [3.8, 4) is 5.69 Å². The number of hydrogen-bond acceptors (Lipinski definition) is 1. The van der Waals surface area contributed by atoms with Crippen molar-refractivity contribution in [3.05, 3.63) is 91.0 Å². The zero-order valence-electron chi connectivity index (χ0n) is 15.5. The van der Waals surface area contributed by atoms with Crippen molar-refractivity contribution in [3.63, 3.8) is 0 Å². The van der Waals surface area contributed by atoms with Crippen molar-refractivity contribution in [2.45, 2.75) is 0 Å². The van der Waals surface area contributed by atoms with Crippen LogP contribution in [-0.2, 0) is 0 Å². The van der Waals surface area contributed by atoms with Gasteiger partial charge in [-0.2, -0.15) is 0 Å². The molecule has 0 aliphatic heterocycles. The number of benzene rings is 4. The van der Waals surface area contributed by atoms with E-state index in [1.165, 1.54) is 21.8 Å². The Balaban J connectivity index is 1.63. The van der Waals surface area contributed by atoms with Crippen molar-refractivity contribution >= 4 is 49.7 Å². The van der Waals surface area contributed by atoms with Crippen LogP contribution in [0, 0.1) is 0 Å². The number of hydrogen-bond donors (Lipinski definition) is 1. The highest BCUT2D eigenvalue weighted by Gasteiger charge is 2.14. The van der Waals surface area contributed by atoms with Gasteiger partial charge in [-0.3, -0.25) is 4.40 Å². The zero-order chi connectivity index (χ0) is 18.9. The molecule has 0 atom stereocenters. The summed E-state index contributed by atoms with van der Waals surface area (Å²) in [4.78, 5) is 8.20. The number of nitrogens with one attached hydrogen (secondary N) is 1. The molecule has 4 nitrogen and oxygen atoms in total. The summed E-state index contributed by atoms with van der Waals surface area (Å²) in [7, 11) is 0. The van der Waals surface area contributed by atoms with E-state index in [0.29, 0.717) is 0 Å². The molecule has 3 heterocycles. The summed E-state index contributed by atoms with van der Waals surface area (Å²) in [5.74, 6) is 0.876. The maximum absolute atomic E-state index is 4.75. The maximum atomic E-state index is 4.75. The SMILES string of the molecule is c1ccc2c(c1)nc1[nH]c3ccc(-n4c5ccccc5c5ccccc54)cc3n12. The van der Waals surface area contributed by atoms with Crippen LogP contribution in [0.1, 0.15) is 0 Å². The van der Waals surface area contributed by atoms with E-state index in [9.17, 15) is 0 Å². The van der Waals surface area contributed by atoms with Crippen LogP contribution in [0.2, 0.25) is 0 Å². The molecule has 7 aromatic rings. The number of aromatic amines is 1. The molecule has 1 N–H and O–H groups in total. The fraction of sp³-hybridized carbons (Fsp3) is 0. The van der Waals surface area contributed by atoms with Gasteiger partial charge in [0.15, 0.2) is 0 Å². The van der Waals surface area contributed by atoms with Crippen molar-refractivity contribution in [1.82, 2.24) is 18.9 Å². The van der Waals surface area contributed by atoms with E-state index < -0.39 is 0 Å². The predicted molar refractivity (Wildman–Crippen MR) is 119 cm³/mol. The normalized spacial score (nSPS) is 12.1. The van der Waals surface area contributed by atoms with Gasteiger partial charge in [0, 0.05) is 16.5 Å². The van der Waals surface area contributed by atoms with Crippen LogP contribution in [0.25, 0.3) is 55.3 Å². The van der Waals surface area contributed by atoms with E-state index in [4.69, 9.17) is 4.98 Å². The summed E-state index contributed by atoms with van der Waals surface area (Å²) in [6.45, 7) is 0. The van der Waals surface area contributed by atoms with E-state index in [0.717, 1.165) is 33.5 Å².